The predicted octanol–water partition coefficient (Wildman–Crippen LogP) is 4.90. The van der Waals surface area contributed by atoms with Gasteiger partial charge in [0, 0.05) is 16.5 Å². The Morgan fingerprint density at radius 3 is 2.95 bits per heavy atom. The summed E-state index contributed by atoms with van der Waals surface area (Å²) in [5, 5.41) is 0. The average molecular weight is 345 g/mol. The highest BCUT2D eigenvalue weighted by molar-refractivity contribution is 9.10. The zero-order valence-electron chi connectivity index (χ0n) is 11.9. The van der Waals surface area contributed by atoms with Crippen molar-refractivity contribution in [3.05, 3.63) is 63.6 Å². The minimum atomic E-state index is 0.204. The number of halogens is 1. The third-order valence-corrected chi connectivity index (χ3v) is 4.51. The van der Waals surface area contributed by atoms with Gasteiger partial charge in [0.1, 0.15) is 5.75 Å². The van der Waals surface area contributed by atoms with Gasteiger partial charge in [-0.2, -0.15) is 0 Å². The Bertz CT molecular complexity index is 679. The first kappa shape index (κ1) is 14.3. The summed E-state index contributed by atoms with van der Waals surface area (Å²) in [6.45, 7) is 2.67. The standard InChI is InChI=1S/C18H17BrO2/c1-12-6-7-14(19)11-16(12)17(20)10-13-8-9-21-18-5-3-2-4-15(13)18/h2-7,11,13H,8-10H2,1H3. The lowest BCUT2D eigenvalue weighted by Crippen LogP contribution is -2.17. The van der Waals surface area contributed by atoms with Crippen molar-refractivity contribution < 1.29 is 9.53 Å². The fourth-order valence-electron chi connectivity index (χ4n) is 2.86. The number of aryl methyl sites for hydroxylation is 1. The van der Waals surface area contributed by atoms with Crippen LogP contribution >= 0.6 is 15.9 Å². The monoisotopic (exact) mass is 344 g/mol. The molecular weight excluding hydrogens is 328 g/mol. The van der Waals surface area contributed by atoms with Crippen molar-refractivity contribution in [2.45, 2.75) is 25.7 Å². The molecule has 1 atom stereocenters. The Labute approximate surface area is 133 Å². The minimum Gasteiger partial charge on any atom is -0.493 e. The molecule has 1 heterocycles. The number of hydrogen-bond acceptors (Lipinski definition) is 2. The maximum Gasteiger partial charge on any atom is 0.163 e. The predicted molar refractivity (Wildman–Crippen MR) is 87.1 cm³/mol. The molecule has 108 valence electrons. The van der Waals surface area contributed by atoms with E-state index in [-0.39, 0.29) is 11.7 Å². The second-order valence-corrected chi connectivity index (χ2v) is 6.37. The number of benzene rings is 2. The van der Waals surface area contributed by atoms with Gasteiger partial charge < -0.3 is 4.74 Å². The van der Waals surface area contributed by atoms with E-state index in [9.17, 15) is 4.79 Å². The zero-order valence-corrected chi connectivity index (χ0v) is 13.5. The summed E-state index contributed by atoms with van der Waals surface area (Å²) >= 11 is 3.44. The molecule has 1 aliphatic heterocycles. The fourth-order valence-corrected chi connectivity index (χ4v) is 3.22. The van der Waals surface area contributed by atoms with E-state index in [1.165, 1.54) is 0 Å². The lowest BCUT2D eigenvalue weighted by Gasteiger charge is -2.25. The molecule has 0 bridgehead atoms. The van der Waals surface area contributed by atoms with E-state index in [1.807, 2.05) is 43.3 Å². The molecule has 0 saturated carbocycles. The molecular formula is C18H17BrO2. The summed E-state index contributed by atoms with van der Waals surface area (Å²) in [4.78, 5) is 12.6. The molecule has 1 unspecified atom stereocenters. The SMILES string of the molecule is Cc1ccc(Br)cc1C(=O)CC1CCOc2ccccc21. The van der Waals surface area contributed by atoms with Gasteiger partial charge in [-0.1, -0.05) is 40.2 Å². The van der Waals surface area contributed by atoms with Gasteiger partial charge in [0.25, 0.3) is 0 Å². The molecule has 0 N–H and O–H groups in total. The molecule has 0 amide bonds. The normalized spacial score (nSPS) is 17.0. The molecule has 0 saturated heterocycles. The maximum absolute atomic E-state index is 12.6. The molecule has 0 spiro atoms. The van der Waals surface area contributed by atoms with E-state index in [0.29, 0.717) is 13.0 Å². The summed E-state index contributed by atoms with van der Waals surface area (Å²) in [6.07, 6.45) is 1.44. The first-order chi connectivity index (χ1) is 10.1. The van der Waals surface area contributed by atoms with E-state index < -0.39 is 0 Å². The summed E-state index contributed by atoms with van der Waals surface area (Å²) in [5.41, 5.74) is 3.00. The van der Waals surface area contributed by atoms with Crippen molar-refractivity contribution in [1.82, 2.24) is 0 Å². The van der Waals surface area contributed by atoms with Crippen molar-refractivity contribution in [1.29, 1.82) is 0 Å². The second kappa shape index (κ2) is 6.02. The number of hydrogen-bond donors (Lipinski definition) is 0. The van der Waals surface area contributed by atoms with Crippen LogP contribution in [0.4, 0.5) is 0 Å². The quantitative estimate of drug-likeness (QED) is 0.740. The van der Waals surface area contributed by atoms with E-state index >= 15 is 0 Å². The van der Waals surface area contributed by atoms with Crippen molar-refractivity contribution in [3.8, 4) is 5.75 Å². The molecule has 21 heavy (non-hydrogen) atoms. The van der Waals surface area contributed by atoms with Gasteiger partial charge in [-0.05, 0) is 48.6 Å². The Morgan fingerprint density at radius 2 is 2.10 bits per heavy atom. The van der Waals surface area contributed by atoms with Gasteiger partial charge >= 0.3 is 0 Å². The van der Waals surface area contributed by atoms with Crippen LogP contribution in [-0.2, 0) is 0 Å². The lowest BCUT2D eigenvalue weighted by molar-refractivity contribution is 0.0965. The Hall–Kier alpha value is -1.61. The molecule has 0 radical (unpaired) electrons. The minimum absolute atomic E-state index is 0.204. The summed E-state index contributed by atoms with van der Waals surface area (Å²) in [6, 6.07) is 13.9. The summed E-state index contributed by atoms with van der Waals surface area (Å²) in [5.74, 6) is 1.38. The fraction of sp³-hybridized carbons (Fsp3) is 0.278. The number of para-hydroxylation sites is 1. The van der Waals surface area contributed by atoms with Crippen LogP contribution in [-0.4, -0.2) is 12.4 Å². The van der Waals surface area contributed by atoms with Crippen LogP contribution in [0.3, 0.4) is 0 Å². The van der Waals surface area contributed by atoms with Crippen molar-refractivity contribution in [2.24, 2.45) is 0 Å². The zero-order chi connectivity index (χ0) is 14.8. The van der Waals surface area contributed by atoms with E-state index in [0.717, 1.165) is 33.3 Å². The molecule has 0 aromatic heterocycles. The number of carbonyl (C=O) groups is 1. The number of ketones is 1. The van der Waals surface area contributed by atoms with E-state index in [2.05, 4.69) is 22.0 Å². The van der Waals surface area contributed by atoms with Gasteiger partial charge in [-0.25, -0.2) is 0 Å². The highest BCUT2D eigenvalue weighted by Gasteiger charge is 2.24. The highest BCUT2D eigenvalue weighted by atomic mass is 79.9. The first-order valence-electron chi connectivity index (χ1n) is 7.16. The van der Waals surface area contributed by atoms with Gasteiger partial charge in [0.05, 0.1) is 6.61 Å². The lowest BCUT2D eigenvalue weighted by atomic mass is 9.86. The topological polar surface area (TPSA) is 26.3 Å². The van der Waals surface area contributed by atoms with E-state index in [4.69, 9.17) is 4.74 Å². The maximum atomic E-state index is 12.6. The molecule has 3 heteroatoms. The molecule has 3 rings (SSSR count). The number of Topliss-reactive ketones (excluding diaryl/α,β-unsaturated/α-hetero) is 1. The van der Waals surface area contributed by atoms with Crippen LogP contribution < -0.4 is 4.74 Å². The largest absolute Gasteiger partial charge is 0.493 e. The van der Waals surface area contributed by atoms with Gasteiger partial charge in [-0.15, -0.1) is 0 Å². The number of carbonyl (C=O) groups excluding carboxylic acids is 1. The third kappa shape index (κ3) is 3.03. The van der Waals surface area contributed by atoms with Crippen LogP contribution in [0.15, 0.2) is 46.9 Å². The van der Waals surface area contributed by atoms with Gasteiger partial charge in [0.2, 0.25) is 0 Å². The first-order valence-corrected chi connectivity index (χ1v) is 7.95. The van der Waals surface area contributed by atoms with Crippen LogP contribution in [0.25, 0.3) is 0 Å². The Kier molecular flexibility index (Phi) is 4.11. The number of rotatable bonds is 3. The molecule has 2 aromatic carbocycles. The van der Waals surface area contributed by atoms with Gasteiger partial charge in [-0.3, -0.25) is 4.79 Å². The number of ether oxygens (including phenoxy) is 1. The third-order valence-electron chi connectivity index (χ3n) is 4.01. The molecule has 2 aromatic rings. The Morgan fingerprint density at radius 1 is 1.29 bits per heavy atom. The van der Waals surface area contributed by atoms with Crippen LogP contribution in [0.1, 0.15) is 40.2 Å². The van der Waals surface area contributed by atoms with Crippen molar-refractivity contribution in [2.75, 3.05) is 6.61 Å². The van der Waals surface area contributed by atoms with E-state index in [1.54, 1.807) is 0 Å². The average Bonchev–Trinajstić information content (AvgIpc) is 2.50. The summed E-state index contributed by atoms with van der Waals surface area (Å²) in [7, 11) is 0. The molecule has 2 nitrogen and oxygen atoms in total. The molecule has 1 aliphatic rings. The smallest absolute Gasteiger partial charge is 0.163 e. The second-order valence-electron chi connectivity index (χ2n) is 5.46. The van der Waals surface area contributed by atoms with Crippen LogP contribution in [0, 0.1) is 6.92 Å². The van der Waals surface area contributed by atoms with Crippen molar-refractivity contribution >= 4 is 21.7 Å². The highest BCUT2D eigenvalue weighted by Crippen LogP contribution is 2.36. The van der Waals surface area contributed by atoms with Crippen LogP contribution in [0.5, 0.6) is 5.75 Å². The van der Waals surface area contributed by atoms with Crippen molar-refractivity contribution in [3.63, 3.8) is 0 Å². The molecule has 0 fully saturated rings. The molecule has 0 aliphatic carbocycles. The van der Waals surface area contributed by atoms with Crippen LogP contribution in [0.2, 0.25) is 0 Å². The summed E-state index contributed by atoms with van der Waals surface area (Å²) < 4.78 is 6.61. The number of fused-ring (bicyclic) bond motifs is 1. The Balaban J connectivity index is 1.84. The van der Waals surface area contributed by atoms with Gasteiger partial charge in [0.15, 0.2) is 5.78 Å².